The van der Waals surface area contributed by atoms with E-state index in [9.17, 15) is 24.8 Å². The number of nitrogens with two attached hydrogens (primary N) is 1. The zero-order chi connectivity index (χ0) is 30.5. The SMILES string of the molecule is COC(C)(C)COC(=O)[C@H](C)NP(=O)(Oc1ccccc1)OC1[C@@]2(C#N)O[C@@H](c3ccc4c(N)ncnn34)[C@H](O)[C@@]12O. The quantitative estimate of drug-likeness (QED) is 0.180. The number of carbonyl (C=O) groups excluding carboxylic acids is 1. The highest BCUT2D eigenvalue weighted by Crippen LogP contribution is 2.68. The summed E-state index contributed by atoms with van der Waals surface area (Å²) in [6, 6.07) is 11.7. The van der Waals surface area contributed by atoms with Gasteiger partial charge in [-0.05, 0) is 45.0 Å². The number of aliphatic hydroxyl groups excluding tert-OH is 1. The molecule has 2 aliphatic rings. The van der Waals surface area contributed by atoms with Gasteiger partial charge in [0, 0.05) is 7.11 Å². The van der Waals surface area contributed by atoms with Crippen LogP contribution in [-0.4, -0.2) is 79.6 Å². The van der Waals surface area contributed by atoms with E-state index in [4.69, 9.17) is 29.0 Å². The Labute approximate surface area is 240 Å². The van der Waals surface area contributed by atoms with Crippen LogP contribution in [0.5, 0.6) is 5.75 Å². The zero-order valence-electron chi connectivity index (χ0n) is 23.2. The molecule has 1 aliphatic heterocycles. The van der Waals surface area contributed by atoms with Crippen molar-refractivity contribution in [3.8, 4) is 11.8 Å². The summed E-state index contributed by atoms with van der Waals surface area (Å²) in [5, 5.41) is 39.5. The molecule has 42 heavy (non-hydrogen) atoms. The molecule has 1 aliphatic carbocycles. The second-order valence-electron chi connectivity index (χ2n) is 10.7. The Balaban J connectivity index is 1.39. The van der Waals surface area contributed by atoms with Crippen molar-refractivity contribution in [3.63, 3.8) is 0 Å². The number of nitriles is 1. The van der Waals surface area contributed by atoms with E-state index in [1.165, 1.54) is 37.0 Å². The first-order chi connectivity index (χ1) is 19.8. The van der Waals surface area contributed by atoms with Crippen molar-refractivity contribution >= 4 is 25.1 Å². The molecule has 3 aromatic rings. The van der Waals surface area contributed by atoms with Crippen LogP contribution in [0.25, 0.3) is 5.52 Å². The van der Waals surface area contributed by atoms with Gasteiger partial charge in [-0.15, -0.1) is 0 Å². The number of benzene rings is 1. The number of nitrogens with one attached hydrogen (secondary N) is 1. The molecule has 0 radical (unpaired) electrons. The van der Waals surface area contributed by atoms with Gasteiger partial charge in [0.2, 0.25) is 5.60 Å². The maximum Gasteiger partial charge on any atom is 0.459 e. The van der Waals surface area contributed by atoms with Crippen LogP contribution in [0.2, 0.25) is 0 Å². The van der Waals surface area contributed by atoms with Gasteiger partial charge in [0.1, 0.15) is 48.5 Å². The Morgan fingerprint density at radius 1 is 1.33 bits per heavy atom. The van der Waals surface area contributed by atoms with E-state index in [1.807, 2.05) is 6.07 Å². The lowest BCUT2D eigenvalue weighted by Gasteiger charge is -2.27. The molecule has 2 aromatic heterocycles. The summed E-state index contributed by atoms with van der Waals surface area (Å²) >= 11 is 0. The Morgan fingerprint density at radius 2 is 2.05 bits per heavy atom. The minimum atomic E-state index is -4.55. The van der Waals surface area contributed by atoms with Crippen molar-refractivity contribution < 1.29 is 42.8 Å². The van der Waals surface area contributed by atoms with Gasteiger partial charge in [0.15, 0.2) is 17.5 Å². The van der Waals surface area contributed by atoms with Gasteiger partial charge >= 0.3 is 13.7 Å². The lowest BCUT2D eigenvalue weighted by atomic mass is 10.0. The Bertz CT molecular complexity index is 1580. The molecule has 15 nitrogen and oxygen atoms in total. The zero-order valence-corrected chi connectivity index (χ0v) is 24.1. The molecular weight excluding hydrogens is 571 g/mol. The fourth-order valence-electron chi connectivity index (χ4n) is 4.74. The molecule has 1 aromatic carbocycles. The summed E-state index contributed by atoms with van der Waals surface area (Å²) < 4.78 is 43.3. The first-order valence-electron chi connectivity index (χ1n) is 12.9. The average molecular weight is 603 g/mol. The predicted molar refractivity (Wildman–Crippen MR) is 145 cm³/mol. The van der Waals surface area contributed by atoms with Crippen molar-refractivity contribution in [2.75, 3.05) is 19.5 Å². The van der Waals surface area contributed by atoms with Gasteiger partial charge in [0.25, 0.3) is 0 Å². The smallest absolute Gasteiger partial charge is 0.459 e. The van der Waals surface area contributed by atoms with Crippen LogP contribution in [-0.2, 0) is 28.1 Å². The molecule has 0 amide bonds. The van der Waals surface area contributed by atoms with Crippen molar-refractivity contribution in [3.05, 3.63) is 54.5 Å². The minimum Gasteiger partial charge on any atom is -0.461 e. The lowest BCUT2D eigenvalue weighted by molar-refractivity contribution is -0.153. The molecule has 1 saturated carbocycles. The molecule has 1 saturated heterocycles. The van der Waals surface area contributed by atoms with E-state index in [2.05, 4.69) is 15.2 Å². The maximum absolute atomic E-state index is 14.1. The number of hydrogen-bond acceptors (Lipinski definition) is 13. The second-order valence-corrected chi connectivity index (χ2v) is 12.3. The number of methoxy groups -OCH3 is 1. The van der Waals surface area contributed by atoms with Crippen LogP contribution < -0.4 is 15.3 Å². The number of aliphatic hydroxyl groups is 2. The van der Waals surface area contributed by atoms with Crippen molar-refractivity contribution in [1.82, 2.24) is 19.7 Å². The number of hydrogen-bond donors (Lipinski definition) is 4. The molecule has 224 valence electrons. The van der Waals surface area contributed by atoms with E-state index in [0.29, 0.717) is 5.52 Å². The summed E-state index contributed by atoms with van der Waals surface area (Å²) in [7, 11) is -3.08. The van der Waals surface area contributed by atoms with Gasteiger partial charge in [0.05, 0.1) is 11.3 Å². The predicted octanol–water partition coefficient (Wildman–Crippen LogP) is 1.27. The standard InChI is InChI=1S/C26H31N6O9P/c1-15(22(34)38-13-24(2,3)37-4)31-42(36,40-16-8-6-5-7-9-16)41-23-25(12-27)26(23,35)20(33)19(39-25)17-10-11-18-21(28)29-14-30-32(17)18/h5-11,14-15,19-20,23,33,35H,13H2,1-4H3,(H,31,36)(H2,28,29,30)/t15-,19-,20-,23?,25+,26+,42?/m0/s1. The number of esters is 1. The van der Waals surface area contributed by atoms with Crippen molar-refractivity contribution in [2.45, 2.75) is 61.9 Å². The molecule has 2 fully saturated rings. The number of para-hydroxylation sites is 1. The number of ether oxygens (including phenoxy) is 3. The highest BCUT2D eigenvalue weighted by molar-refractivity contribution is 7.52. The van der Waals surface area contributed by atoms with Crippen molar-refractivity contribution in [1.29, 1.82) is 5.26 Å². The van der Waals surface area contributed by atoms with Crippen LogP contribution in [0.1, 0.15) is 32.6 Å². The van der Waals surface area contributed by atoms with E-state index >= 15 is 0 Å². The number of nitrogens with zero attached hydrogens (tertiary/aromatic N) is 4. The van der Waals surface area contributed by atoms with Crippen LogP contribution in [0.3, 0.4) is 0 Å². The monoisotopic (exact) mass is 602 g/mol. The molecule has 0 spiro atoms. The Morgan fingerprint density at radius 3 is 2.69 bits per heavy atom. The minimum absolute atomic E-state index is 0.0919. The number of fused-ring (bicyclic) bond motifs is 2. The highest BCUT2D eigenvalue weighted by atomic mass is 31.2. The molecule has 7 atom stereocenters. The van der Waals surface area contributed by atoms with Gasteiger partial charge < -0.3 is 34.7 Å². The Hall–Kier alpha value is -3.61. The van der Waals surface area contributed by atoms with E-state index in [1.54, 1.807) is 44.2 Å². The fourth-order valence-corrected chi connectivity index (χ4v) is 6.47. The molecule has 3 heterocycles. The number of anilines is 1. The number of aromatic nitrogens is 3. The van der Waals surface area contributed by atoms with Crippen LogP contribution in [0.15, 0.2) is 48.8 Å². The van der Waals surface area contributed by atoms with Crippen LogP contribution in [0, 0.1) is 11.3 Å². The average Bonchev–Trinajstić information content (AvgIpc) is 3.22. The van der Waals surface area contributed by atoms with E-state index < -0.39 is 54.9 Å². The molecular formula is C26H31N6O9P. The van der Waals surface area contributed by atoms with Gasteiger partial charge in [-0.3, -0.25) is 9.32 Å². The molecule has 0 bridgehead atoms. The topological polar surface area (TPSA) is 213 Å². The summed E-state index contributed by atoms with van der Waals surface area (Å²) in [4.78, 5) is 16.6. The first-order valence-corrected chi connectivity index (χ1v) is 14.5. The summed E-state index contributed by atoms with van der Waals surface area (Å²) in [6.07, 6.45) is -3.38. The van der Waals surface area contributed by atoms with Crippen molar-refractivity contribution in [2.24, 2.45) is 0 Å². The first kappa shape index (κ1) is 29.9. The van der Waals surface area contributed by atoms with Gasteiger partial charge in [-0.25, -0.2) is 14.1 Å². The summed E-state index contributed by atoms with van der Waals surface area (Å²) in [5.41, 5.74) is 1.38. The largest absolute Gasteiger partial charge is 0.461 e. The molecule has 5 rings (SSSR count). The molecule has 2 unspecified atom stereocenters. The van der Waals surface area contributed by atoms with Gasteiger partial charge in [-0.2, -0.15) is 15.4 Å². The number of carbonyl (C=O) groups is 1. The molecule has 16 heteroatoms. The highest BCUT2D eigenvalue weighted by Gasteiger charge is 2.90. The third-order valence-electron chi connectivity index (χ3n) is 7.33. The number of rotatable bonds is 11. The number of nitrogen functional groups attached to an aromatic ring is 1. The Kier molecular flexibility index (Phi) is 7.53. The van der Waals surface area contributed by atoms with E-state index in [0.717, 1.165) is 0 Å². The third-order valence-corrected chi connectivity index (χ3v) is 8.98. The molecule has 5 N–H and O–H groups in total. The lowest BCUT2D eigenvalue weighted by Crippen LogP contribution is -2.40. The van der Waals surface area contributed by atoms with Gasteiger partial charge in [-0.1, -0.05) is 18.2 Å². The third kappa shape index (κ3) is 4.91. The fraction of sp³-hybridized carbons (Fsp3) is 0.462. The summed E-state index contributed by atoms with van der Waals surface area (Å²) in [6.45, 7) is 4.72. The van der Waals surface area contributed by atoms with Crippen LogP contribution >= 0.6 is 7.75 Å². The summed E-state index contributed by atoms with van der Waals surface area (Å²) in [5.74, 6) is -0.509. The maximum atomic E-state index is 14.1. The van der Waals surface area contributed by atoms with E-state index in [-0.39, 0.29) is 23.9 Å². The van der Waals surface area contributed by atoms with Crippen LogP contribution in [0.4, 0.5) is 5.82 Å². The normalized spacial score (nSPS) is 28.8. The second kappa shape index (κ2) is 10.6.